The number of benzene rings is 1. The highest BCUT2D eigenvalue weighted by atomic mass is 79.9. The van der Waals surface area contributed by atoms with Crippen LogP contribution in [-0.4, -0.2) is 46.2 Å². The molecule has 23 heavy (non-hydrogen) atoms. The van der Waals surface area contributed by atoms with Gasteiger partial charge in [0.15, 0.2) is 0 Å². The third-order valence-electron chi connectivity index (χ3n) is 3.21. The number of halogens is 1. The fourth-order valence-electron chi connectivity index (χ4n) is 2.14. The minimum absolute atomic E-state index is 0.00872. The standard InChI is InChI=1S/C16H23BrN2O4/c1-11(2)18(9-8-17)16(22)23-14-7-5-6-13(10-14)19(12(3)4)15(20)21/h5-7,10-12H,8-9H2,1-4H3,(H,20,21). The normalized spacial score (nSPS) is 10.7. The Bertz CT molecular complexity index is 549. The van der Waals surface area contributed by atoms with Crippen LogP contribution in [0.3, 0.4) is 0 Å². The highest BCUT2D eigenvalue weighted by molar-refractivity contribution is 9.09. The Hall–Kier alpha value is -1.76. The van der Waals surface area contributed by atoms with Crippen LogP contribution in [0.1, 0.15) is 27.7 Å². The first-order valence-corrected chi connectivity index (χ1v) is 8.56. The molecule has 0 aromatic heterocycles. The van der Waals surface area contributed by atoms with Gasteiger partial charge in [-0.2, -0.15) is 0 Å². The molecule has 0 unspecified atom stereocenters. The Balaban J connectivity index is 2.96. The molecule has 128 valence electrons. The Morgan fingerprint density at radius 1 is 1.22 bits per heavy atom. The molecule has 0 heterocycles. The second-order valence-corrected chi connectivity index (χ2v) is 6.38. The smallest absolute Gasteiger partial charge is 0.415 e. The molecule has 1 aromatic rings. The number of carbonyl (C=O) groups is 2. The van der Waals surface area contributed by atoms with Crippen LogP contribution < -0.4 is 9.64 Å². The van der Waals surface area contributed by atoms with Gasteiger partial charge in [0, 0.05) is 30.0 Å². The van der Waals surface area contributed by atoms with Gasteiger partial charge in [0.25, 0.3) is 0 Å². The van der Waals surface area contributed by atoms with E-state index in [9.17, 15) is 14.7 Å². The summed E-state index contributed by atoms with van der Waals surface area (Å²) in [6, 6.07) is 6.31. The van der Waals surface area contributed by atoms with Crippen LogP contribution >= 0.6 is 15.9 Å². The van der Waals surface area contributed by atoms with Crippen LogP contribution in [0.2, 0.25) is 0 Å². The number of alkyl halides is 1. The maximum absolute atomic E-state index is 12.2. The number of ether oxygens (including phenoxy) is 1. The van der Waals surface area contributed by atoms with Crippen molar-refractivity contribution in [3.63, 3.8) is 0 Å². The number of carbonyl (C=O) groups excluding carboxylic acids is 1. The molecule has 0 aliphatic rings. The maximum Gasteiger partial charge on any atom is 0.415 e. The average Bonchev–Trinajstić information content (AvgIpc) is 2.43. The van der Waals surface area contributed by atoms with Gasteiger partial charge in [-0.05, 0) is 39.8 Å². The van der Waals surface area contributed by atoms with E-state index in [4.69, 9.17) is 4.74 Å². The number of hydrogen-bond acceptors (Lipinski definition) is 3. The first-order valence-electron chi connectivity index (χ1n) is 7.44. The lowest BCUT2D eigenvalue weighted by atomic mass is 10.2. The van der Waals surface area contributed by atoms with Crippen LogP contribution in [0.4, 0.5) is 15.3 Å². The zero-order valence-corrected chi connectivity index (χ0v) is 15.4. The van der Waals surface area contributed by atoms with Gasteiger partial charge in [0.2, 0.25) is 0 Å². The van der Waals surface area contributed by atoms with Crippen molar-refractivity contribution in [3.8, 4) is 5.75 Å². The Morgan fingerprint density at radius 3 is 2.35 bits per heavy atom. The number of carboxylic acid groups (broad SMARTS) is 1. The second kappa shape index (κ2) is 8.76. The van der Waals surface area contributed by atoms with Crippen LogP contribution in [-0.2, 0) is 0 Å². The molecule has 0 fully saturated rings. The Morgan fingerprint density at radius 2 is 1.87 bits per heavy atom. The minimum atomic E-state index is -1.05. The fourth-order valence-corrected chi connectivity index (χ4v) is 2.52. The summed E-state index contributed by atoms with van der Waals surface area (Å²) in [4.78, 5) is 26.4. The second-order valence-electron chi connectivity index (χ2n) is 5.59. The predicted octanol–water partition coefficient (Wildman–Crippen LogP) is 4.18. The third kappa shape index (κ3) is 5.42. The molecule has 0 aliphatic carbocycles. The van der Waals surface area contributed by atoms with Crippen LogP contribution in [0.15, 0.2) is 24.3 Å². The summed E-state index contributed by atoms with van der Waals surface area (Å²) in [6.45, 7) is 7.91. The molecule has 0 radical (unpaired) electrons. The molecule has 1 rings (SSSR count). The van der Waals surface area contributed by atoms with Gasteiger partial charge in [-0.3, -0.25) is 4.90 Å². The predicted molar refractivity (Wildman–Crippen MR) is 93.7 cm³/mol. The SMILES string of the molecule is CC(C)N(CCBr)C(=O)Oc1cccc(N(C(=O)O)C(C)C)c1. The first kappa shape index (κ1) is 19.3. The summed E-state index contributed by atoms with van der Waals surface area (Å²) in [5, 5.41) is 9.96. The van der Waals surface area contributed by atoms with E-state index < -0.39 is 12.2 Å². The molecule has 2 amide bonds. The van der Waals surface area contributed by atoms with E-state index in [0.29, 0.717) is 23.3 Å². The van der Waals surface area contributed by atoms with Crippen molar-refractivity contribution in [2.75, 3.05) is 16.8 Å². The number of nitrogens with zero attached hydrogens (tertiary/aromatic N) is 2. The molecule has 7 heteroatoms. The van der Waals surface area contributed by atoms with E-state index in [1.165, 1.54) is 4.90 Å². The van der Waals surface area contributed by atoms with Gasteiger partial charge in [-0.25, -0.2) is 9.59 Å². The summed E-state index contributed by atoms with van der Waals surface area (Å²) in [5.74, 6) is 0.319. The average molecular weight is 387 g/mol. The highest BCUT2D eigenvalue weighted by Gasteiger charge is 2.21. The molecule has 0 saturated carbocycles. The zero-order chi connectivity index (χ0) is 17.6. The highest BCUT2D eigenvalue weighted by Crippen LogP contribution is 2.24. The molecule has 0 atom stereocenters. The van der Waals surface area contributed by atoms with E-state index in [1.54, 1.807) is 43.0 Å². The van der Waals surface area contributed by atoms with Crippen molar-refractivity contribution in [2.24, 2.45) is 0 Å². The van der Waals surface area contributed by atoms with Crippen molar-refractivity contribution in [2.45, 2.75) is 39.8 Å². The van der Waals surface area contributed by atoms with Crippen LogP contribution in [0.5, 0.6) is 5.75 Å². The number of amides is 2. The van der Waals surface area contributed by atoms with Gasteiger partial charge in [0.05, 0.1) is 5.69 Å². The van der Waals surface area contributed by atoms with Crippen LogP contribution in [0, 0.1) is 0 Å². The van der Waals surface area contributed by atoms with E-state index in [-0.39, 0.29) is 12.1 Å². The molecule has 0 spiro atoms. The number of anilines is 1. The fraction of sp³-hybridized carbons (Fsp3) is 0.500. The lowest BCUT2D eigenvalue weighted by molar-refractivity contribution is 0.142. The van der Waals surface area contributed by atoms with E-state index in [0.717, 1.165) is 0 Å². The van der Waals surface area contributed by atoms with E-state index >= 15 is 0 Å². The van der Waals surface area contributed by atoms with Crippen molar-refractivity contribution >= 4 is 33.8 Å². The summed E-state index contributed by atoms with van der Waals surface area (Å²) in [5.41, 5.74) is 0.467. The van der Waals surface area contributed by atoms with E-state index in [1.807, 2.05) is 13.8 Å². The molecule has 1 aromatic carbocycles. The van der Waals surface area contributed by atoms with Gasteiger partial charge in [0.1, 0.15) is 5.75 Å². The Labute approximate surface area is 145 Å². The minimum Gasteiger partial charge on any atom is -0.465 e. The van der Waals surface area contributed by atoms with Crippen molar-refractivity contribution in [3.05, 3.63) is 24.3 Å². The van der Waals surface area contributed by atoms with Gasteiger partial charge in [-0.1, -0.05) is 22.0 Å². The van der Waals surface area contributed by atoms with Crippen molar-refractivity contribution in [1.82, 2.24) is 4.90 Å². The molecular weight excluding hydrogens is 364 g/mol. The summed E-state index contributed by atoms with van der Waals surface area (Å²) in [7, 11) is 0. The molecule has 0 bridgehead atoms. The lowest BCUT2D eigenvalue weighted by Crippen LogP contribution is -2.40. The van der Waals surface area contributed by atoms with E-state index in [2.05, 4.69) is 15.9 Å². The molecule has 6 nitrogen and oxygen atoms in total. The quantitative estimate of drug-likeness (QED) is 0.744. The molecule has 0 saturated heterocycles. The lowest BCUT2D eigenvalue weighted by Gasteiger charge is -2.26. The molecular formula is C16H23BrN2O4. The van der Waals surface area contributed by atoms with Gasteiger partial charge in [-0.15, -0.1) is 0 Å². The largest absolute Gasteiger partial charge is 0.465 e. The monoisotopic (exact) mass is 386 g/mol. The number of rotatable bonds is 6. The number of hydrogen-bond donors (Lipinski definition) is 1. The van der Waals surface area contributed by atoms with Gasteiger partial charge >= 0.3 is 12.2 Å². The van der Waals surface area contributed by atoms with Gasteiger partial charge < -0.3 is 14.7 Å². The summed E-state index contributed by atoms with van der Waals surface area (Å²) < 4.78 is 5.39. The molecule has 1 N–H and O–H groups in total. The summed E-state index contributed by atoms with van der Waals surface area (Å²) in [6.07, 6.45) is -1.51. The summed E-state index contributed by atoms with van der Waals surface area (Å²) >= 11 is 3.31. The van der Waals surface area contributed by atoms with Crippen molar-refractivity contribution in [1.29, 1.82) is 0 Å². The first-order chi connectivity index (χ1) is 10.8. The van der Waals surface area contributed by atoms with Crippen LogP contribution in [0.25, 0.3) is 0 Å². The third-order valence-corrected chi connectivity index (χ3v) is 3.56. The maximum atomic E-state index is 12.2. The topological polar surface area (TPSA) is 70.1 Å². The molecule has 0 aliphatic heterocycles. The Kier molecular flexibility index (Phi) is 7.35. The zero-order valence-electron chi connectivity index (χ0n) is 13.8. The van der Waals surface area contributed by atoms with Crippen molar-refractivity contribution < 1.29 is 19.4 Å².